The van der Waals surface area contributed by atoms with Crippen molar-refractivity contribution in [3.05, 3.63) is 33.8 Å². The van der Waals surface area contributed by atoms with Crippen LogP contribution in [0.2, 0.25) is 0 Å². The molecule has 6 heteroatoms. The summed E-state index contributed by atoms with van der Waals surface area (Å²) in [6.45, 7) is 4.96. The lowest BCUT2D eigenvalue weighted by molar-refractivity contribution is 0.560. The molecule has 0 amide bonds. The van der Waals surface area contributed by atoms with Gasteiger partial charge in [-0.05, 0) is 36.8 Å². The van der Waals surface area contributed by atoms with E-state index in [-0.39, 0.29) is 6.04 Å². The standard InChI is InChI=1S/C12H18BrN5/c1-5-18-12(10(13)6-15-18)11(14-3)9-7-17(4)16-8(9)2/h6-7,11,14H,5H2,1-4H3. The molecule has 0 bridgehead atoms. The Bertz CT molecular complexity index is 543. The summed E-state index contributed by atoms with van der Waals surface area (Å²) < 4.78 is 4.86. The highest BCUT2D eigenvalue weighted by Crippen LogP contribution is 2.29. The van der Waals surface area contributed by atoms with Crippen molar-refractivity contribution in [2.24, 2.45) is 7.05 Å². The van der Waals surface area contributed by atoms with Crippen molar-refractivity contribution in [3.63, 3.8) is 0 Å². The zero-order chi connectivity index (χ0) is 13.3. The molecule has 1 atom stereocenters. The van der Waals surface area contributed by atoms with Crippen molar-refractivity contribution in [2.45, 2.75) is 26.4 Å². The molecule has 1 N–H and O–H groups in total. The van der Waals surface area contributed by atoms with E-state index in [9.17, 15) is 0 Å². The first kappa shape index (κ1) is 13.3. The number of halogens is 1. The van der Waals surface area contributed by atoms with Gasteiger partial charge in [-0.1, -0.05) is 0 Å². The Labute approximate surface area is 115 Å². The topological polar surface area (TPSA) is 47.7 Å². The Morgan fingerprint density at radius 1 is 1.50 bits per heavy atom. The van der Waals surface area contributed by atoms with E-state index in [1.165, 1.54) is 5.56 Å². The van der Waals surface area contributed by atoms with E-state index in [4.69, 9.17) is 0 Å². The molecule has 0 aliphatic heterocycles. The van der Waals surface area contributed by atoms with Gasteiger partial charge in [0.05, 0.1) is 28.1 Å². The third kappa shape index (κ3) is 2.22. The third-order valence-electron chi connectivity index (χ3n) is 3.06. The zero-order valence-electron chi connectivity index (χ0n) is 11.1. The molecule has 0 radical (unpaired) electrons. The van der Waals surface area contributed by atoms with Crippen LogP contribution in [0.5, 0.6) is 0 Å². The Balaban J connectivity index is 2.51. The molecule has 2 aromatic rings. The Hall–Kier alpha value is -1.14. The van der Waals surface area contributed by atoms with Gasteiger partial charge in [0.25, 0.3) is 0 Å². The fourth-order valence-electron chi connectivity index (χ4n) is 2.25. The highest BCUT2D eigenvalue weighted by Gasteiger charge is 2.23. The van der Waals surface area contributed by atoms with Crippen LogP contribution in [0.4, 0.5) is 0 Å². The lowest BCUT2D eigenvalue weighted by Gasteiger charge is -2.17. The molecule has 2 rings (SSSR count). The van der Waals surface area contributed by atoms with Crippen LogP contribution < -0.4 is 5.32 Å². The van der Waals surface area contributed by atoms with E-state index in [1.54, 1.807) is 0 Å². The van der Waals surface area contributed by atoms with Crippen molar-refractivity contribution in [1.82, 2.24) is 24.9 Å². The quantitative estimate of drug-likeness (QED) is 0.939. The maximum atomic E-state index is 4.41. The first-order valence-corrected chi connectivity index (χ1v) is 6.76. The van der Waals surface area contributed by atoms with Crippen LogP contribution in [0, 0.1) is 6.92 Å². The Morgan fingerprint density at radius 2 is 2.22 bits per heavy atom. The molecule has 0 aliphatic carbocycles. The molecule has 98 valence electrons. The molecule has 0 spiro atoms. The number of aromatic nitrogens is 4. The van der Waals surface area contributed by atoms with Crippen molar-refractivity contribution < 1.29 is 0 Å². The van der Waals surface area contributed by atoms with E-state index < -0.39 is 0 Å². The SMILES string of the molecule is CCn1ncc(Br)c1C(NC)c1cn(C)nc1C. The number of hydrogen-bond acceptors (Lipinski definition) is 3. The fraction of sp³-hybridized carbons (Fsp3) is 0.500. The van der Waals surface area contributed by atoms with Gasteiger partial charge in [0.2, 0.25) is 0 Å². The smallest absolute Gasteiger partial charge is 0.0790 e. The minimum atomic E-state index is 0.0931. The monoisotopic (exact) mass is 311 g/mol. The molecule has 5 nitrogen and oxygen atoms in total. The van der Waals surface area contributed by atoms with Crippen LogP contribution in [0.15, 0.2) is 16.9 Å². The Kier molecular flexibility index (Phi) is 3.87. The van der Waals surface area contributed by atoms with Gasteiger partial charge < -0.3 is 5.32 Å². The predicted octanol–water partition coefficient (Wildman–Crippen LogP) is 2.02. The second-order valence-corrected chi connectivity index (χ2v) is 5.11. The van der Waals surface area contributed by atoms with Crippen molar-refractivity contribution in [3.8, 4) is 0 Å². The summed E-state index contributed by atoms with van der Waals surface area (Å²) in [4.78, 5) is 0. The van der Waals surface area contributed by atoms with Gasteiger partial charge in [0.15, 0.2) is 0 Å². The molecule has 0 saturated carbocycles. The largest absolute Gasteiger partial charge is 0.308 e. The fourth-order valence-corrected chi connectivity index (χ4v) is 2.78. The summed E-state index contributed by atoms with van der Waals surface area (Å²) in [5.74, 6) is 0. The highest BCUT2D eigenvalue weighted by atomic mass is 79.9. The van der Waals surface area contributed by atoms with Crippen LogP contribution >= 0.6 is 15.9 Å². The summed E-state index contributed by atoms with van der Waals surface area (Å²) in [5, 5.41) is 12.1. The summed E-state index contributed by atoms with van der Waals surface area (Å²) >= 11 is 3.58. The molecule has 2 heterocycles. The summed E-state index contributed by atoms with van der Waals surface area (Å²) in [6.07, 6.45) is 3.89. The molecule has 0 saturated heterocycles. The van der Waals surface area contributed by atoms with Gasteiger partial charge in [0, 0.05) is 25.4 Å². The summed E-state index contributed by atoms with van der Waals surface area (Å²) in [7, 11) is 3.89. The number of rotatable bonds is 4. The third-order valence-corrected chi connectivity index (χ3v) is 3.67. The second-order valence-electron chi connectivity index (χ2n) is 4.26. The van der Waals surface area contributed by atoms with Crippen LogP contribution in [0.1, 0.15) is 29.9 Å². The van der Waals surface area contributed by atoms with E-state index >= 15 is 0 Å². The minimum absolute atomic E-state index is 0.0931. The van der Waals surface area contributed by atoms with E-state index in [2.05, 4.69) is 44.6 Å². The van der Waals surface area contributed by atoms with Crippen LogP contribution in [0.3, 0.4) is 0 Å². The highest BCUT2D eigenvalue weighted by molar-refractivity contribution is 9.10. The first-order chi connectivity index (χ1) is 8.58. The number of nitrogens with one attached hydrogen (secondary N) is 1. The van der Waals surface area contributed by atoms with Gasteiger partial charge in [0.1, 0.15) is 0 Å². The average molecular weight is 312 g/mol. The van der Waals surface area contributed by atoms with Gasteiger partial charge in [-0.3, -0.25) is 9.36 Å². The van der Waals surface area contributed by atoms with Gasteiger partial charge >= 0.3 is 0 Å². The first-order valence-electron chi connectivity index (χ1n) is 5.97. The van der Waals surface area contributed by atoms with Crippen LogP contribution in [-0.4, -0.2) is 26.6 Å². The number of hydrogen-bond donors (Lipinski definition) is 1. The predicted molar refractivity (Wildman–Crippen MR) is 74.4 cm³/mol. The minimum Gasteiger partial charge on any atom is -0.308 e. The van der Waals surface area contributed by atoms with Gasteiger partial charge in [-0.25, -0.2) is 0 Å². The summed E-state index contributed by atoms with van der Waals surface area (Å²) in [5.41, 5.74) is 3.35. The molecule has 0 aliphatic rings. The summed E-state index contributed by atoms with van der Waals surface area (Å²) in [6, 6.07) is 0.0931. The molecule has 0 fully saturated rings. The molecule has 0 aromatic carbocycles. The van der Waals surface area contributed by atoms with Crippen molar-refractivity contribution >= 4 is 15.9 Å². The van der Waals surface area contributed by atoms with Gasteiger partial charge in [-0.15, -0.1) is 0 Å². The number of nitrogens with zero attached hydrogens (tertiary/aromatic N) is 4. The molecular formula is C12H18BrN5. The van der Waals surface area contributed by atoms with E-state index in [1.807, 2.05) is 36.6 Å². The van der Waals surface area contributed by atoms with Gasteiger partial charge in [-0.2, -0.15) is 10.2 Å². The van der Waals surface area contributed by atoms with Crippen LogP contribution in [-0.2, 0) is 13.6 Å². The number of aryl methyl sites for hydroxylation is 3. The Morgan fingerprint density at radius 3 is 2.72 bits per heavy atom. The van der Waals surface area contributed by atoms with E-state index in [0.29, 0.717) is 0 Å². The zero-order valence-corrected chi connectivity index (χ0v) is 12.7. The molecule has 18 heavy (non-hydrogen) atoms. The molecular weight excluding hydrogens is 294 g/mol. The van der Waals surface area contributed by atoms with E-state index in [0.717, 1.165) is 22.4 Å². The average Bonchev–Trinajstić information content (AvgIpc) is 2.85. The van der Waals surface area contributed by atoms with Crippen LogP contribution in [0.25, 0.3) is 0 Å². The van der Waals surface area contributed by atoms with Crippen molar-refractivity contribution in [1.29, 1.82) is 0 Å². The lowest BCUT2D eigenvalue weighted by atomic mass is 10.1. The maximum absolute atomic E-state index is 4.41. The van der Waals surface area contributed by atoms with Crippen molar-refractivity contribution in [2.75, 3.05) is 7.05 Å². The molecule has 2 aromatic heterocycles. The normalized spacial score (nSPS) is 12.9. The lowest BCUT2D eigenvalue weighted by Crippen LogP contribution is -2.22. The maximum Gasteiger partial charge on any atom is 0.0790 e. The second kappa shape index (κ2) is 5.24. The molecule has 1 unspecified atom stereocenters.